The van der Waals surface area contributed by atoms with E-state index in [4.69, 9.17) is 9.15 Å². The second-order valence-electron chi connectivity index (χ2n) is 6.38. The Kier molecular flexibility index (Phi) is 5.33. The number of carbonyl (C=O) groups excluding carboxylic acids is 1. The minimum absolute atomic E-state index is 0.145. The van der Waals surface area contributed by atoms with Gasteiger partial charge in [0.1, 0.15) is 24.0 Å². The van der Waals surface area contributed by atoms with Gasteiger partial charge < -0.3 is 14.5 Å². The average molecular weight is 390 g/mol. The third kappa shape index (κ3) is 4.67. The number of benzene rings is 2. The molecule has 0 saturated heterocycles. The number of aromatic nitrogens is 3. The van der Waals surface area contributed by atoms with Gasteiger partial charge in [-0.3, -0.25) is 4.79 Å². The van der Waals surface area contributed by atoms with Crippen molar-refractivity contribution in [1.82, 2.24) is 20.1 Å². The highest BCUT2D eigenvalue weighted by molar-refractivity contribution is 5.79. The van der Waals surface area contributed by atoms with Crippen molar-refractivity contribution in [2.24, 2.45) is 0 Å². The third-order valence-electron chi connectivity index (χ3n) is 4.36. The van der Waals surface area contributed by atoms with Crippen LogP contribution in [-0.4, -0.2) is 27.3 Å². The third-order valence-corrected chi connectivity index (χ3v) is 4.36. The highest BCUT2D eigenvalue weighted by Gasteiger charge is 2.08. The Morgan fingerprint density at radius 1 is 1.10 bits per heavy atom. The summed E-state index contributed by atoms with van der Waals surface area (Å²) in [7, 11) is 0. The maximum Gasteiger partial charge on any atom is 0.336 e. The summed E-state index contributed by atoms with van der Waals surface area (Å²) in [4.78, 5) is 27.5. The van der Waals surface area contributed by atoms with Gasteiger partial charge >= 0.3 is 5.63 Å². The van der Waals surface area contributed by atoms with Crippen LogP contribution in [0.15, 0.2) is 76.5 Å². The molecule has 0 saturated carbocycles. The Hall–Kier alpha value is -3.94. The molecule has 2 aromatic carbocycles. The number of rotatable bonds is 7. The van der Waals surface area contributed by atoms with E-state index in [9.17, 15) is 9.59 Å². The van der Waals surface area contributed by atoms with Gasteiger partial charge in [0.2, 0.25) is 0 Å². The first kappa shape index (κ1) is 18.4. The van der Waals surface area contributed by atoms with Crippen molar-refractivity contribution < 1.29 is 13.9 Å². The van der Waals surface area contributed by atoms with E-state index in [1.807, 2.05) is 24.3 Å². The summed E-state index contributed by atoms with van der Waals surface area (Å²) in [6.07, 6.45) is 3.13. The molecule has 0 spiro atoms. The number of nitrogens with zero attached hydrogens (tertiary/aromatic N) is 3. The topological polar surface area (TPSA) is 99.2 Å². The minimum Gasteiger partial charge on any atom is -0.484 e. The molecular formula is C21H18N4O4. The lowest BCUT2D eigenvalue weighted by atomic mass is 10.1. The highest BCUT2D eigenvalue weighted by Crippen LogP contribution is 2.19. The van der Waals surface area contributed by atoms with E-state index in [1.54, 1.807) is 35.3 Å². The number of hydrogen-bond acceptors (Lipinski definition) is 6. The lowest BCUT2D eigenvalue weighted by Crippen LogP contribution is -2.28. The lowest BCUT2D eigenvalue weighted by molar-refractivity contribution is -0.123. The van der Waals surface area contributed by atoms with Crippen molar-refractivity contribution in [2.75, 3.05) is 6.61 Å². The fourth-order valence-corrected chi connectivity index (χ4v) is 2.90. The van der Waals surface area contributed by atoms with Gasteiger partial charge in [-0.1, -0.05) is 24.3 Å². The molecule has 0 aliphatic carbocycles. The quantitative estimate of drug-likeness (QED) is 0.485. The van der Waals surface area contributed by atoms with Crippen molar-refractivity contribution in [2.45, 2.75) is 13.1 Å². The average Bonchev–Trinajstić information content (AvgIpc) is 3.24. The lowest BCUT2D eigenvalue weighted by Gasteiger charge is -2.11. The van der Waals surface area contributed by atoms with Crippen LogP contribution in [0.1, 0.15) is 11.1 Å². The largest absolute Gasteiger partial charge is 0.484 e. The molecule has 4 rings (SSSR count). The molecule has 0 bridgehead atoms. The Morgan fingerprint density at radius 2 is 1.93 bits per heavy atom. The Bertz CT molecular complexity index is 1180. The smallest absolute Gasteiger partial charge is 0.336 e. The predicted molar refractivity (Wildman–Crippen MR) is 105 cm³/mol. The van der Waals surface area contributed by atoms with Crippen molar-refractivity contribution in [3.63, 3.8) is 0 Å². The summed E-state index contributed by atoms with van der Waals surface area (Å²) < 4.78 is 12.4. The van der Waals surface area contributed by atoms with Crippen LogP contribution in [0.2, 0.25) is 0 Å². The van der Waals surface area contributed by atoms with E-state index in [1.165, 1.54) is 12.4 Å². The number of carbonyl (C=O) groups is 1. The highest BCUT2D eigenvalue weighted by atomic mass is 16.5. The van der Waals surface area contributed by atoms with Crippen LogP contribution in [0.3, 0.4) is 0 Å². The van der Waals surface area contributed by atoms with Gasteiger partial charge in [-0.25, -0.2) is 14.5 Å². The number of hydrogen-bond donors (Lipinski definition) is 1. The van der Waals surface area contributed by atoms with Crippen LogP contribution in [-0.2, 0) is 17.9 Å². The van der Waals surface area contributed by atoms with E-state index in [0.717, 1.165) is 16.5 Å². The summed E-state index contributed by atoms with van der Waals surface area (Å²) >= 11 is 0. The second-order valence-corrected chi connectivity index (χ2v) is 6.38. The normalized spacial score (nSPS) is 10.8. The summed E-state index contributed by atoms with van der Waals surface area (Å²) in [6, 6.07) is 15.9. The van der Waals surface area contributed by atoms with Gasteiger partial charge in [-0.2, -0.15) is 5.10 Å². The summed E-state index contributed by atoms with van der Waals surface area (Å²) in [5.41, 5.74) is 2.02. The molecule has 8 nitrogen and oxygen atoms in total. The van der Waals surface area contributed by atoms with Crippen LogP contribution >= 0.6 is 0 Å². The van der Waals surface area contributed by atoms with Gasteiger partial charge in [0.15, 0.2) is 6.61 Å². The molecule has 2 heterocycles. The van der Waals surface area contributed by atoms with Gasteiger partial charge in [-0.05, 0) is 29.3 Å². The molecule has 4 aromatic rings. The van der Waals surface area contributed by atoms with Crippen molar-refractivity contribution in [1.29, 1.82) is 0 Å². The zero-order valence-corrected chi connectivity index (χ0v) is 15.4. The number of ether oxygens (including phenoxy) is 1. The molecule has 2 aromatic heterocycles. The van der Waals surface area contributed by atoms with Crippen molar-refractivity contribution in [3.8, 4) is 5.75 Å². The maximum atomic E-state index is 12.2. The van der Waals surface area contributed by atoms with Crippen LogP contribution in [0, 0.1) is 0 Å². The minimum atomic E-state index is -0.433. The molecule has 29 heavy (non-hydrogen) atoms. The Balaban J connectivity index is 1.34. The SMILES string of the molecule is O=C(COc1ccc2ccc(=O)oc2c1)NCc1ccccc1Cn1cncn1. The zero-order chi connectivity index (χ0) is 20.1. The number of fused-ring (bicyclic) bond motifs is 1. The zero-order valence-electron chi connectivity index (χ0n) is 15.4. The summed E-state index contributed by atoms with van der Waals surface area (Å²) in [5, 5.41) is 7.74. The van der Waals surface area contributed by atoms with Gasteiger partial charge in [0, 0.05) is 24.1 Å². The summed E-state index contributed by atoms with van der Waals surface area (Å²) in [5.74, 6) is 0.198. The van der Waals surface area contributed by atoms with Gasteiger partial charge in [0.25, 0.3) is 5.91 Å². The Morgan fingerprint density at radius 3 is 2.76 bits per heavy atom. The number of amides is 1. The maximum absolute atomic E-state index is 12.2. The number of nitrogens with one attached hydrogen (secondary N) is 1. The van der Waals surface area contributed by atoms with Crippen LogP contribution in [0.5, 0.6) is 5.75 Å². The fraction of sp³-hybridized carbons (Fsp3) is 0.143. The molecule has 0 unspecified atom stereocenters. The molecular weight excluding hydrogens is 372 g/mol. The van der Waals surface area contributed by atoms with Gasteiger partial charge in [-0.15, -0.1) is 0 Å². The standard InChI is InChI=1S/C21H18N4O4/c26-20(12-28-18-7-5-15-6-8-21(27)29-19(15)9-18)23-10-16-3-1-2-4-17(16)11-25-14-22-13-24-25/h1-9,13-14H,10-12H2,(H,23,26). The van der Waals surface area contributed by atoms with Crippen LogP contribution in [0.25, 0.3) is 11.0 Å². The molecule has 1 amide bonds. The molecule has 0 aliphatic rings. The fourth-order valence-electron chi connectivity index (χ4n) is 2.90. The van der Waals surface area contributed by atoms with Crippen molar-refractivity contribution in [3.05, 3.63) is 88.8 Å². The monoisotopic (exact) mass is 390 g/mol. The molecule has 0 aliphatic heterocycles. The van der Waals surface area contributed by atoms with E-state index < -0.39 is 5.63 Å². The van der Waals surface area contributed by atoms with Gasteiger partial charge in [0.05, 0.1) is 6.54 Å². The molecule has 0 radical (unpaired) electrons. The molecule has 146 valence electrons. The molecule has 0 atom stereocenters. The van der Waals surface area contributed by atoms with E-state index in [-0.39, 0.29) is 12.5 Å². The molecule has 0 fully saturated rings. The van der Waals surface area contributed by atoms with Crippen LogP contribution < -0.4 is 15.7 Å². The molecule has 1 N–H and O–H groups in total. The van der Waals surface area contributed by atoms with E-state index in [2.05, 4.69) is 15.4 Å². The predicted octanol–water partition coefficient (Wildman–Crippen LogP) is 2.13. The van der Waals surface area contributed by atoms with Crippen LogP contribution in [0.4, 0.5) is 0 Å². The molecule has 8 heteroatoms. The van der Waals surface area contributed by atoms with E-state index >= 15 is 0 Å². The first-order chi connectivity index (χ1) is 14.2. The first-order valence-electron chi connectivity index (χ1n) is 9.00. The van der Waals surface area contributed by atoms with Crippen molar-refractivity contribution >= 4 is 16.9 Å². The second kappa shape index (κ2) is 8.39. The Labute approximate surface area is 165 Å². The van der Waals surface area contributed by atoms with E-state index in [0.29, 0.717) is 24.4 Å². The summed E-state index contributed by atoms with van der Waals surface area (Å²) in [6.45, 7) is 0.804. The first-order valence-corrected chi connectivity index (χ1v) is 9.00.